The number of rotatable bonds is 83. The number of amides is 17. The van der Waals surface area contributed by atoms with Gasteiger partial charge in [-0.25, -0.2) is 0 Å². The minimum Gasteiger partial charge on any atom is -0.368 e. The van der Waals surface area contributed by atoms with Crippen molar-refractivity contribution < 1.29 is 81.5 Å². The summed E-state index contributed by atoms with van der Waals surface area (Å²) in [6.07, 6.45) is 8.37. The molecule has 0 unspecified atom stereocenters. The van der Waals surface area contributed by atoms with E-state index in [1.165, 1.54) is 0 Å². The lowest BCUT2D eigenvalue weighted by Gasteiger charge is -2.30. The number of hydrogen-bond donors (Lipinski definition) is 26. The molecule has 838 valence electrons. The average molecular weight is 2060 g/mol. The lowest BCUT2D eigenvalue weighted by Crippen LogP contribution is -2.61. The highest BCUT2D eigenvalue weighted by atomic mass is 16.2. The topological polar surface area (TPSA) is 743 Å². The maximum atomic E-state index is 15.0. The Hall–Kier alpha value is -9.37. The van der Waals surface area contributed by atoms with Crippen molar-refractivity contribution >= 4 is 100 Å². The van der Waals surface area contributed by atoms with Crippen molar-refractivity contribution in [3.63, 3.8) is 0 Å². The van der Waals surface area contributed by atoms with Crippen LogP contribution in [0, 0.1) is 53.3 Å². The van der Waals surface area contributed by atoms with Crippen molar-refractivity contribution in [3.8, 4) is 0 Å². The monoisotopic (exact) mass is 2060 g/mol. The Labute approximate surface area is 865 Å². The van der Waals surface area contributed by atoms with E-state index in [0.717, 1.165) is 0 Å². The number of carbonyl (C=O) groups is 17. The number of hydrogen-bond acceptors (Lipinski definition) is 26. The summed E-state index contributed by atoms with van der Waals surface area (Å²) in [5, 5.41) is 45.1. The zero-order chi connectivity index (χ0) is 110. The summed E-state index contributed by atoms with van der Waals surface area (Å²) >= 11 is 0. The van der Waals surface area contributed by atoms with Crippen LogP contribution in [-0.2, 0) is 81.5 Å². The first-order valence-corrected chi connectivity index (χ1v) is 53.9. The molecular weight excluding hydrogens is 1860 g/mol. The standard InChI is InChI=1S/C102H198N26O17/c1-60(2)51-77(86(112)129)120-91(134)73(39-23-31-47-107)119-98(141)82(56-65(11)12)128-102(145)85(59-68(17)18)124-94(137)76(42-26-34-50-110)115-90(133)72(38-22-30-46-106)118-97(140)81(55-64(9)10)127-101(144)84(58-67(15)16)123-93(136)75(41-25-33-49-109)114-89(132)71(37-21-29-45-105)117-96(139)80(54-63(7)8)126-100(143)83(57-66(13)14)122-92(135)74(40-24-32-48-108)113-88(131)70(36-20-28-44-104)116-95(138)79(53-62(5)6)125-99(142)78(52-61(3)4)121-87(130)69(111)35-19-27-43-103/h60-85H,19-59,103-111H2,1-18H3,(H2,112,129)(H,113,131)(H,114,132)(H,115,133)(H,116,138)(H,117,139)(H,118,140)(H,119,141)(H,120,134)(H,121,130)(H,122,135)(H,123,136)(H,124,137)(H,125,142)(H,126,143)(H,127,144)(H,128,145)/t69-,70-,71-,72-,73-,74-,75-,76-,77-,78-,79-,80-,81-,82-,83-,84-,85-/m0/s1. The van der Waals surface area contributed by atoms with E-state index in [4.69, 9.17) is 57.3 Å². The number of nitrogens with one attached hydrogen (secondary N) is 16. The molecule has 0 saturated carbocycles. The first-order chi connectivity index (χ1) is 68.4. The molecule has 0 saturated heterocycles. The van der Waals surface area contributed by atoms with Gasteiger partial charge in [-0.15, -0.1) is 0 Å². The van der Waals surface area contributed by atoms with Gasteiger partial charge in [-0.1, -0.05) is 131 Å². The first-order valence-electron chi connectivity index (χ1n) is 53.9. The smallest absolute Gasteiger partial charge is 0.243 e. The van der Waals surface area contributed by atoms with Crippen molar-refractivity contribution in [2.45, 2.75) is 439 Å². The van der Waals surface area contributed by atoms with Gasteiger partial charge < -0.3 is 142 Å². The van der Waals surface area contributed by atoms with E-state index in [0.29, 0.717) is 122 Å². The summed E-state index contributed by atoms with van der Waals surface area (Å²) in [6, 6.07) is -21.0. The van der Waals surface area contributed by atoms with Gasteiger partial charge in [0.25, 0.3) is 0 Å². The molecule has 0 aliphatic carbocycles. The van der Waals surface area contributed by atoms with Crippen LogP contribution in [0.5, 0.6) is 0 Å². The van der Waals surface area contributed by atoms with E-state index in [1.54, 1.807) is 0 Å². The summed E-state index contributed by atoms with van der Waals surface area (Å²) in [5.41, 5.74) is 59.1. The van der Waals surface area contributed by atoms with Gasteiger partial charge >= 0.3 is 0 Å². The quantitative estimate of drug-likeness (QED) is 0.0378. The Balaban J connectivity index is 7.60. The maximum Gasteiger partial charge on any atom is 0.243 e. The Kier molecular flexibility index (Phi) is 72.1. The third kappa shape index (κ3) is 60.0. The summed E-state index contributed by atoms with van der Waals surface area (Å²) in [5.74, 6) is -14.0. The predicted molar refractivity (Wildman–Crippen MR) is 566 cm³/mol. The van der Waals surface area contributed by atoms with Crippen LogP contribution in [0.1, 0.15) is 337 Å². The van der Waals surface area contributed by atoms with E-state index in [9.17, 15) is 62.3 Å². The highest BCUT2D eigenvalue weighted by Gasteiger charge is 2.41. The first kappa shape index (κ1) is 136. The van der Waals surface area contributed by atoms with E-state index in [-0.39, 0.29) is 195 Å². The van der Waals surface area contributed by atoms with Crippen LogP contribution in [-0.4, -0.2) is 255 Å². The van der Waals surface area contributed by atoms with Crippen LogP contribution >= 0.6 is 0 Å². The third-order valence-electron chi connectivity index (χ3n) is 24.5. The van der Waals surface area contributed by atoms with E-state index in [1.807, 2.05) is 125 Å². The van der Waals surface area contributed by atoms with Gasteiger partial charge in [0, 0.05) is 0 Å². The van der Waals surface area contributed by atoms with E-state index < -0.39 is 203 Å². The highest BCUT2D eigenvalue weighted by molar-refractivity contribution is 6.01. The molecule has 43 heteroatoms. The van der Waals surface area contributed by atoms with Crippen molar-refractivity contribution in [2.75, 3.05) is 52.4 Å². The molecule has 36 N–H and O–H groups in total. The third-order valence-corrected chi connectivity index (χ3v) is 24.5. The number of primary amides is 1. The van der Waals surface area contributed by atoms with Gasteiger partial charge in [0.05, 0.1) is 6.04 Å². The molecule has 0 radical (unpaired) electrons. The molecule has 0 bridgehead atoms. The lowest BCUT2D eigenvalue weighted by atomic mass is 9.98. The minimum atomic E-state index is -1.35. The van der Waals surface area contributed by atoms with Gasteiger partial charge in [0.1, 0.15) is 96.7 Å². The zero-order valence-corrected chi connectivity index (χ0v) is 91.2. The molecule has 0 spiro atoms. The van der Waals surface area contributed by atoms with Crippen molar-refractivity contribution in [2.24, 2.45) is 111 Å². The summed E-state index contributed by atoms with van der Waals surface area (Å²) < 4.78 is 0. The number of carbonyl (C=O) groups excluding carboxylic acids is 17. The Morgan fingerprint density at radius 3 is 0.379 bits per heavy atom. The van der Waals surface area contributed by atoms with Crippen molar-refractivity contribution in [1.29, 1.82) is 0 Å². The largest absolute Gasteiger partial charge is 0.368 e. The van der Waals surface area contributed by atoms with Gasteiger partial charge in [0.2, 0.25) is 100 Å². The Morgan fingerprint density at radius 2 is 0.255 bits per heavy atom. The molecular formula is C102H198N26O17. The Morgan fingerprint density at radius 1 is 0.152 bits per heavy atom. The van der Waals surface area contributed by atoms with Gasteiger partial charge in [-0.2, -0.15) is 0 Å². The SMILES string of the molecule is CC(C)C[C@H](NC(=O)[C@H](CCCCN)NC(=O)[C@H](CC(C)C)NC(=O)[C@H](CC(C)C)NC(=O)[C@H](CCCCN)NC(=O)[C@H](CCCCN)NC(=O)[C@H](CC(C)C)NC(=O)[C@H](CC(C)C)NC(=O)[C@H](CCCCN)NC(=O)[C@H](CCCCN)NC(=O)[C@H](CC(C)C)NC(=O)[C@H](CC(C)C)NC(=O)[C@H](CCCCN)NC(=O)[C@H](CCCCN)NC(=O)[C@H](CC(C)C)NC(=O)[C@H](CC(C)C)NC(=O)[C@@H](N)CCCCN)C(N)=O. The average Bonchev–Trinajstić information content (AvgIpc) is 0.870. The number of nitrogens with two attached hydrogens (primary N) is 10. The molecule has 145 heavy (non-hydrogen) atoms. The fraction of sp³-hybridized carbons (Fsp3) is 0.833. The van der Waals surface area contributed by atoms with E-state index >= 15 is 19.2 Å². The van der Waals surface area contributed by atoms with Crippen LogP contribution in [0.15, 0.2) is 0 Å². The zero-order valence-electron chi connectivity index (χ0n) is 91.2. The molecule has 0 aromatic carbocycles. The Bertz CT molecular complexity index is 3780. The molecule has 0 aromatic rings. The molecule has 17 atom stereocenters. The van der Waals surface area contributed by atoms with E-state index in [2.05, 4.69) is 85.1 Å². The van der Waals surface area contributed by atoms with Crippen LogP contribution < -0.4 is 142 Å². The van der Waals surface area contributed by atoms with Crippen LogP contribution in [0.25, 0.3) is 0 Å². The molecule has 43 nitrogen and oxygen atoms in total. The second kappa shape index (κ2) is 77.1. The fourth-order valence-corrected chi connectivity index (χ4v) is 16.7. The molecule has 17 amide bonds. The molecule has 0 aliphatic rings. The molecule has 0 rings (SSSR count). The van der Waals surface area contributed by atoms with Gasteiger partial charge in [-0.3, -0.25) is 81.5 Å². The second-order valence-corrected chi connectivity index (χ2v) is 42.9. The molecule has 0 fully saturated rings. The normalized spacial score (nSPS) is 15.2. The summed E-state index contributed by atoms with van der Waals surface area (Å²) in [7, 11) is 0. The maximum absolute atomic E-state index is 15.0. The van der Waals surface area contributed by atoms with Gasteiger partial charge in [0.15, 0.2) is 0 Å². The highest BCUT2D eigenvalue weighted by Crippen LogP contribution is 2.21. The number of unbranched alkanes of at least 4 members (excludes halogenated alkanes) is 8. The van der Waals surface area contributed by atoms with Crippen LogP contribution in [0.4, 0.5) is 0 Å². The van der Waals surface area contributed by atoms with Crippen molar-refractivity contribution in [1.82, 2.24) is 85.1 Å². The van der Waals surface area contributed by atoms with Crippen molar-refractivity contribution in [3.05, 3.63) is 0 Å². The predicted octanol–water partition coefficient (Wildman–Crippen LogP) is 1.00. The summed E-state index contributed by atoms with van der Waals surface area (Å²) in [4.78, 5) is 247. The lowest BCUT2D eigenvalue weighted by molar-refractivity contribution is -0.137. The van der Waals surface area contributed by atoms with Crippen LogP contribution in [0.3, 0.4) is 0 Å². The molecule has 0 aliphatic heterocycles. The summed E-state index contributed by atoms with van der Waals surface area (Å²) in [6.45, 7) is 35.2. The minimum absolute atomic E-state index is 0.000934. The van der Waals surface area contributed by atoms with Crippen LogP contribution in [0.2, 0.25) is 0 Å². The molecule has 0 heterocycles. The van der Waals surface area contributed by atoms with Gasteiger partial charge in [-0.05, 0) is 311 Å². The second-order valence-electron chi connectivity index (χ2n) is 42.9. The fourth-order valence-electron chi connectivity index (χ4n) is 16.7. The molecule has 0 aromatic heterocycles.